The average molecular weight is 384 g/mol. The number of hydrogen-bond donors (Lipinski definition) is 1. The molecule has 1 aliphatic heterocycles. The topological polar surface area (TPSA) is 88.3 Å². The normalized spacial score (nSPS) is 24.8. The molecule has 1 aromatic rings. The largest absolute Gasteiger partial charge is 0.480 e. The molecule has 0 aromatic carbocycles. The molecule has 2 heterocycles. The van der Waals surface area contributed by atoms with E-state index in [1.807, 2.05) is 6.20 Å². The number of amides is 1. The number of rotatable bonds is 9. The minimum atomic E-state index is -0.894. The summed E-state index contributed by atoms with van der Waals surface area (Å²) in [4.78, 5) is 25.8. The van der Waals surface area contributed by atoms with Gasteiger partial charge < -0.3 is 10.0 Å². The van der Waals surface area contributed by atoms with Crippen molar-refractivity contribution in [2.24, 2.45) is 5.92 Å². The van der Waals surface area contributed by atoms with E-state index in [2.05, 4.69) is 10.3 Å². The summed E-state index contributed by atoms with van der Waals surface area (Å²) in [6, 6.07) is -0.574. The number of carbonyl (C=O) groups is 2. The number of likely N-dealkylation sites (tertiary alicyclic amines) is 1. The molecular weight excluding hydrogens is 359 g/mol. The zero-order chi connectivity index (χ0) is 18.5. The fourth-order valence-corrected chi connectivity index (χ4v) is 4.84. The lowest BCUT2D eigenvalue weighted by Crippen LogP contribution is -2.45. The summed E-state index contributed by atoms with van der Waals surface area (Å²) in [5.74, 6) is 0.159. The molecule has 9 heteroatoms. The molecule has 0 spiro atoms. The van der Waals surface area contributed by atoms with Gasteiger partial charge in [0.25, 0.3) is 0 Å². The van der Waals surface area contributed by atoms with Gasteiger partial charge in [0, 0.05) is 24.5 Å². The lowest BCUT2D eigenvalue weighted by atomic mass is 10.0. The molecule has 0 bridgehead atoms. The first-order valence-corrected chi connectivity index (χ1v) is 10.3. The van der Waals surface area contributed by atoms with E-state index in [0.29, 0.717) is 31.1 Å². The molecule has 1 N–H and O–H groups in total. The number of thioether (sulfide) groups is 1. The van der Waals surface area contributed by atoms with Crippen molar-refractivity contribution in [2.75, 3.05) is 12.4 Å². The fourth-order valence-electron chi connectivity index (χ4n) is 4.07. The second-order valence-electron chi connectivity index (χ2n) is 7.01. The molecule has 1 saturated carbocycles. The molecule has 1 aliphatic carbocycles. The molecule has 0 radical (unpaired) electrons. The number of aryl methyl sites for hydroxylation is 1. The van der Waals surface area contributed by atoms with Crippen LogP contribution in [0.5, 0.6) is 0 Å². The maximum absolute atomic E-state index is 12.6. The van der Waals surface area contributed by atoms with Crippen LogP contribution in [0.15, 0.2) is 6.20 Å². The van der Waals surface area contributed by atoms with Gasteiger partial charge in [-0.1, -0.05) is 11.6 Å². The van der Waals surface area contributed by atoms with E-state index in [4.69, 9.17) is 0 Å². The van der Waals surface area contributed by atoms with Gasteiger partial charge >= 0.3 is 5.97 Å². The van der Waals surface area contributed by atoms with Crippen LogP contribution >= 0.6 is 11.8 Å². The van der Waals surface area contributed by atoms with Crippen molar-refractivity contribution in [3.8, 4) is 0 Å². The molecule has 1 aromatic heterocycles. The van der Waals surface area contributed by atoms with E-state index in [0.717, 1.165) is 31.4 Å². The van der Waals surface area contributed by atoms with E-state index < -0.39 is 12.0 Å². The zero-order valence-corrected chi connectivity index (χ0v) is 15.5. The summed E-state index contributed by atoms with van der Waals surface area (Å²) in [7, 11) is 0. The molecule has 3 rings (SSSR count). The molecule has 1 amide bonds. The predicted molar refractivity (Wildman–Crippen MR) is 95.4 cm³/mol. The molecule has 2 fully saturated rings. The van der Waals surface area contributed by atoms with Crippen LogP contribution in [0.25, 0.3) is 0 Å². The molecule has 144 valence electrons. The Bertz CT molecular complexity index is 641. The van der Waals surface area contributed by atoms with Gasteiger partial charge in [-0.15, -0.1) is 16.9 Å². The summed E-state index contributed by atoms with van der Waals surface area (Å²) >= 11 is 1.43. The lowest BCUT2D eigenvalue weighted by Gasteiger charge is -2.27. The third-order valence-electron chi connectivity index (χ3n) is 5.24. The Morgan fingerprint density at radius 3 is 2.96 bits per heavy atom. The Balaban J connectivity index is 1.48. The van der Waals surface area contributed by atoms with Crippen LogP contribution in [0.1, 0.15) is 44.2 Å². The molecule has 3 atom stereocenters. The fraction of sp³-hybridized carbons (Fsp3) is 0.765. The first kappa shape index (κ1) is 19.1. The summed E-state index contributed by atoms with van der Waals surface area (Å²) in [5.41, 5.74) is 0.776. The summed E-state index contributed by atoms with van der Waals surface area (Å²) in [5, 5.41) is 17.5. The van der Waals surface area contributed by atoms with E-state index in [9.17, 15) is 19.1 Å². The standard InChI is InChI=1S/C17H25FN4O3S/c18-6-1-2-7-21-9-13(19-20-21)10-26-11-16(23)22-14-5-3-4-12(14)8-15(22)17(24)25/h9,12,14-15H,1-8,10-11H2,(H,24,25)/t12-,14-,15-/m0/s1. The number of aromatic nitrogens is 3. The van der Waals surface area contributed by atoms with Crippen LogP contribution < -0.4 is 0 Å². The van der Waals surface area contributed by atoms with Gasteiger partial charge in [0.1, 0.15) is 6.04 Å². The Labute approximate surface area is 156 Å². The second kappa shape index (κ2) is 8.83. The highest BCUT2D eigenvalue weighted by atomic mass is 32.2. The van der Waals surface area contributed by atoms with Gasteiger partial charge in [0.05, 0.1) is 18.1 Å². The first-order chi connectivity index (χ1) is 12.6. The number of carbonyl (C=O) groups excluding carboxylic acids is 1. The Kier molecular flexibility index (Phi) is 6.50. The Morgan fingerprint density at radius 1 is 1.35 bits per heavy atom. The van der Waals surface area contributed by atoms with E-state index in [1.165, 1.54) is 11.8 Å². The molecule has 1 saturated heterocycles. The number of alkyl halides is 1. The zero-order valence-electron chi connectivity index (χ0n) is 14.7. The molecule has 26 heavy (non-hydrogen) atoms. The monoisotopic (exact) mass is 384 g/mol. The van der Waals surface area contributed by atoms with Crippen LogP contribution in [0, 0.1) is 5.92 Å². The molecule has 7 nitrogen and oxygen atoms in total. The first-order valence-electron chi connectivity index (χ1n) is 9.17. The third kappa shape index (κ3) is 4.36. The number of carboxylic acids is 1. The lowest BCUT2D eigenvalue weighted by molar-refractivity contribution is -0.148. The van der Waals surface area contributed by atoms with Crippen molar-refractivity contribution < 1.29 is 19.1 Å². The van der Waals surface area contributed by atoms with E-state index >= 15 is 0 Å². The second-order valence-corrected chi connectivity index (χ2v) is 8.00. The van der Waals surface area contributed by atoms with Crippen molar-refractivity contribution in [2.45, 2.75) is 62.9 Å². The van der Waals surface area contributed by atoms with Crippen LogP contribution in [0.2, 0.25) is 0 Å². The minimum Gasteiger partial charge on any atom is -0.480 e. The number of carboxylic acid groups (broad SMARTS) is 1. The van der Waals surface area contributed by atoms with Crippen molar-refractivity contribution in [3.05, 3.63) is 11.9 Å². The maximum atomic E-state index is 12.6. The van der Waals surface area contributed by atoms with Gasteiger partial charge in [-0.25, -0.2) is 4.79 Å². The predicted octanol–water partition coefficient (Wildman–Crippen LogP) is 2.12. The Morgan fingerprint density at radius 2 is 2.19 bits per heavy atom. The SMILES string of the molecule is O=C(O)[C@@H]1C[C@@H]2CCC[C@@H]2N1C(=O)CSCc1cn(CCCCF)nn1. The minimum absolute atomic E-state index is 0.0906. The van der Waals surface area contributed by atoms with Gasteiger partial charge in [0.15, 0.2) is 0 Å². The smallest absolute Gasteiger partial charge is 0.326 e. The van der Waals surface area contributed by atoms with Gasteiger partial charge in [-0.05, 0) is 38.0 Å². The third-order valence-corrected chi connectivity index (χ3v) is 6.19. The van der Waals surface area contributed by atoms with Crippen LogP contribution in [0.3, 0.4) is 0 Å². The highest BCUT2D eigenvalue weighted by Crippen LogP contribution is 2.41. The van der Waals surface area contributed by atoms with Crippen molar-refractivity contribution in [1.29, 1.82) is 0 Å². The number of aliphatic carboxylic acids is 1. The van der Waals surface area contributed by atoms with Crippen LogP contribution in [0.4, 0.5) is 4.39 Å². The maximum Gasteiger partial charge on any atom is 0.326 e. The van der Waals surface area contributed by atoms with Crippen molar-refractivity contribution in [1.82, 2.24) is 19.9 Å². The van der Waals surface area contributed by atoms with Crippen molar-refractivity contribution >= 4 is 23.6 Å². The Hall–Kier alpha value is -1.64. The summed E-state index contributed by atoms with van der Waals surface area (Å²) in [6.07, 6.45) is 6.65. The summed E-state index contributed by atoms with van der Waals surface area (Å²) in [6.45, 7) is 0.312. The number of fused-ring (bicyclic) bond motifs is 1. The van der Waals surface area contributed by atoms with E-state index in [1.54, 1.807) is 9.58 Å². The summed E-state index contributed by atoms with van der Waals surface area (Å²) < 4.78 is 13.8. The van der Waals surface area contributed by atoms with Gasteiger partial charge in [0.2, 0.25) is 5.91 Å². The number of hydrogen-bond acceptors (Lipinski definition) is 5. The quantitative estimate of drug-likeness (QED) is 0.656. The van der Waals surface area contributed by atoms with Crippen LogP contribution in [-0.2, 0) is 21.9 Å². The number of nitrogens with zero attached hydrogens (tertiary/aromatic N) is 4. The average Bonchev–Trinajstić information content (AvgIpc) is 3.30. The number of halogens is 1. The van der Waals surface area contributed by atoms with Gasteiger partial charge in [-0.3, -0.25) is 13.9 Å². The highest BCUT2D eigenvalue weighted by Gasteiger charge is 2.48. The molecule has 2 aliphatic rings. The van der Waals surface area contributed by atoms with Gasteiger partial charge in [-0.2, -0.15) is 0 Å². The number of unbranched alkanes of at least 4 members (excludes halogenated alkanes) is 1. The molecular formula is C17H25FN4O3S. The van der Waals surface area contributed by atoms with Crippen molar-refractivity contribution in [3.63, 3.8) is 0 Å². The highest BCUT2D eigenvalue weighted by molar-refractivity contribution is 7.99. The van der Waals surface area contributed by atoms with Crippen LogP contribution in [-0.4, -0.2) is 61.4 Å². The molecule has 0 unspecified atom stereocenters. The van der Waals surface area contributed by atoms with E-state index in [-0.39, 0.29) is 24.4 Å².